The second kappa shape index (κ2) is 7.90. The number of nitrogens with one attached hydrogen (secondary N) is 1. The fraction of sp³-hybridized carbons (Fsp3) is 0.143. The van der Waals surface area contributed by atoms with Crippen LogP contribution in [0.25, 0.3) is 22.3 Å². The average Bonchev–Trinajstić information content (AvgIpc) is 3.26. The molecular weight excluding hydrogens is 404 g/mol. The maximum atomic E-state index is 11.7. The fourth-order valence-corrected chi connectivity index (χ4v) is 4.40. The van der Waals surface area contributed by atoms with Gasteiger partial charge in [-0.15, -0.1) is 0 Å². The van der Waals surface area contributed by atoms with Crippen LogP contribution in [0, 0.1) is 0 Å². The van der Waals surface area contributed by atoms with Crippen LogP contribution in [0.4, 0.5) is 5.82 Å². The summed E-state index contributed by atoms with van der Waals surface area (Å²) in [5.41, 5.74) is 2.64. The number of anilines is 1. The van der Waals surface area contributed by atoms with Crippen molar-refractivity contribution < 1.29 is 8.42 Å². The molecule has 0 saturated heterocycles. The molecule has 2 aromatic heterocycles. The van der Waals surface area contributed by atoms with Crippen molar-refractivity contribution in [3.8, 4) is 11.4 Å². The Morgan fingerprint density at radius 3 is 2.66 bits per heavy atom. The molecule has 8 heteroatoms. The van der Waals surface area contributed by atoms with E-state index in [-0.39, 0.29) is 10.9 Å². The highest BCUT2D eigenvalue weighted by Crippen LogP contribution is 2.30. The number of thiophene rings is 1. The molecule has 0 spiro atoms. The van der Waals surface area contributed by atoms with Gasteiger partial charge in [-0.05, 0) is 47.7 Å². The summed E-state index contributed by atoms with van der Waals surface area (Å²) in [5.74, 6) is 1.37. The molecule has 0 fully saturated rings. The zero-order valence-electron chi connectivity index (χ0n) is 15.7. The molecule has 0 aliphatic rings. The Bertz CT molecular complexity index is 1250. The summed E-state index contributed by atoms with van der Waals surface area (Å²) in [6.45, 7) is 2.03. The number of sulfonamides is 1. The normalized spacial score (nSPS) is 12.8. The van der Waals surface area contributed by atoms with Gasteiger partial charge in [0.1, 0.15) is 5.82 Å². The van der Waals surface area contributed by atoms with E-state index >= 15 is 0 Å². The predicted octanol–water partition coefficient (Wildman–Crippen LogP) is 4.57. The molecule has 2 heterocycles. The monoisotopic (exact) mass is 424 g/mol. The molecule has 0 aliphatic heterocycles. The third-order valence-corrected chi connectivity index (χ3v) is 6.29. The Labute approximate surface area is 173 Å². The summed E-state index contributed by atoms with van der Waals surface area (Å²) >= 11 is 1.60. The summed E-state index contributed by atoms with van der Waals surface area (Å²) in [4.78, 5) is 9.56. The topological polar surface area (TPSA) is 98.0 Å². The Morgan fingerprint density at radius 2 is 1.93 bits per heavy atom. The Hall–Kier alpha value is -2.81. The van der Waals surface area contributed by atoms with Gasteiger partial charge < -0.3 is 5.32 Å². The van der Waals surface area contributed by atoms with Crippen LogP contribution in [-0.4, -0.2) is 18.4 Å². The second-order valence-electron chi connectivity index (χ2n) is 6.65. The van der Waals surface area contributed by atoms with Crippen LogP contribution in [-0.2, 0) is 10.0 Å². The molecule has 0 amide bonds. The van der Waals surface area contributed by atoms with Crippen LogP contribution < -0.4 is 10.5 Å². The minimum absolute atomic E-state index is 0.0988. The van der Waals surface area contributed by atoms with Gasteiger partial charge in [-0.25, -0.2) is 23.5 Å². The lowest BCUT2D eigenvalue weighted by Crippen LogP contribution is -2.15. The maximum Gasteiger partial charge on any atom is 0.238 e. The molecule has 0 saturated carbocycles. The molecule has 148 valence electrons. The van der Waals surface area contributed by atoms with Crippen LogP contribution in [0.3, 0.4) is 0 Å². The summed E-state index contributed by atoms with van der Waals surface area (Å²) in [6.07, 6.45) is 0.736. The maximum absolute atomic E-state index is 11.7. The highest BCUT2D eigenvalue weighted by atomic mass is 32.2. The standard InChI is InChI=1S/C21H20N4O2S2/c1-2-18(14-6-5-7-16(12-14)29(22,26)27)23-21-17-8-3-4-9-19(17)24-20(25-21)15-10-11-28-13-15/h3-13,18H,2H2,1H3,(H2,22,26,27)(H,23,24,25). The largest absolute Gasteiger partial charge is 0.363 e. The SMILES string of the molecule is CCC(Nc1nc(-c2ccsc2)nc2ccccc12)c1cccc(S(N)(=O)=O)c1. The molecule has 1 atom stereocenters. The number of primary sulfonamides is 1. The molecule has 3 N–H and O–H groups in total. The van der Waals surface area contributed by atoms with Crippen molar-refractivity contribution in [1.82, 2.24) is 9.97 Å². The number of benzene rings is 2. The molecule has 0 bridgehead atoms. The van der Waals surface area contributed by atoms with Crippen molar-refractivity contribution in [1.29, 1.82) is 0 Å². The third kappa shape index (κ3) is 4.14. The van der Waals surface area contributed by atoms with E-state index in [1.807, 2.05) is 54.1 Å². The van der Waals surface area contributed by atoms with Crippen LogP contribution in [0.1, 0.15) is 24.9 Å². The number of nitrogens with two attached hydrogens (primary N) is 1. The third-order valence-electron chi connectivity index (χ3n) is 4.69. The van der Waals surface area contributed by atoms with E-state index in [1.165, 1.54) is 6.07 Å². The number of hydrogen-bond acceptors (Lipinski definition) is 6. The zero-order chi connectivity index (χ0) is 20.4. The van der Waals surface area contributed by atoms with Crippen LogP contribution in [0.5, 0.6) is 0 Å². The van der Waals surface area contributed by atoms with Crippen LogP contribution >= 0.6 is 11.3 Å². The van der Waals surface area contributed by atoms with Crippen LogP contribution in [0.15, 0.2) is 70.3 Å². The lowest BCUT2D eigenvalue weighted by molar-refractivity contribution is 0.597. The summed E-state index contributed by atoms with van der Waals surface area (Å²) in [7, 11) is -3.76. The number of para-hydroxylation sites is 1. The Kier molecular flexibility index (Phi) is 5.31. The van der Waals surface area contributed by atoms with Gasteiger partial charge in [0.15, 0.2) is 5.82 Å². The van der Waals surface area contributed by atoms with E-state index in [2.05, 4.69) is 5.32 Å². The molecule has 4 aromatic rings. The van der Waals surface area contributed by atoms with E-state index in [4.69, 9.17) is 15.1 Å². The van der Waals surface area contributed by atoms with Gasteiger partial charge >= 0.3 is 0 Å². The molecule has 0 radical (unpaired) electrons. The van der Waals surface area contributed by atoms with E-state index in [1.54, 1.807) is 23.5 Å². The second-order valence-corrected chi connectivity index (χ2v) is 8.99. The number of nitrogens with zero attached hydrogens (tertiary/aromatic N) is 2. The van der Waals surface area contributed by atoms with Gasteiger partial charge in [0.25, 0.3) is 0 Å². The summed E-state index contributed by atoms with van der Waals surface area (Å²) < 4.78 is 23.5. The molecule has 1 unspecified atom stereocenters. The van der Waals surface area contributed by atoms with E-state index < -0.39 is 10.0 Å². The minimum Gasteiger partial charge on any atom is -0.363 e. The first-order chi connectivity index (χ1) is 14.0. The highest BCUT2D eigenvalue weighted by molar-refractivity contribution is 7.89. The average molecular weight is 425 g/mol. The first-order valence-electron chi connectivity index (χ1n) is 9.14. The van der Waals surface area contributed by atoms with Gasteiger partial charge in [0.05, 0.1) is 16.5 Å². The lowest BCUT2D eigenvalue weighted by atomic mass is 10.0. The molecule has 29 heavy (non-hydrogen) atoms. The van der Waals surface area contributed by atoms with Crippen LogP contribution in [0.2, 0.25) is 0 Å². The molecule has 4 rings (SSSR count). The first-order valence-corrected chi connectivity index (χ1v) is 11.6. The predicted molar refractivity (Wildman–Crippen MR) is 117 cm³/mol. The number of fused-ring (bicyclic) bond motifs is 1. The Balaban J connectivity index is 1.78. The summed E-state index contributed by atoms with van der Waals surface area (Å²) in [6, 6.07) is 16.4. The number of rotatable bonds is 6. The lowest BCUT2D eigenvalue weighted by Gasteiger charge is -2.20. The van der Waals surface area contributed by atoms with Crippen molar-refractivity contribution in [3.05, 3.63) is 70.9 Å². The Morgan fingerprint density at radius 1 is 1.10 bits per heavy atom. The first kappa shape index (κ1) is 19.5. The zero-order valence-corrected chi connectivity index (χ0v) is 17.4. The van der Waals surface area contributed by atoms with Gasteiger partial charge in [-0.3, -0.25) is 0 Å². The van der Waals surface area contributed by atoms with Crippen molar-refractivity contribution in [2.75, 3.05) is 5.32 Å². The number of aromatic nitrogens is 2. The fourth-order valence-electron chi connectivity index (χ4n) is 3.20. The van der Waals surface area contributed by atoms with E-state index in [9.17, 15) is 8.42 Å². The highest BCUT2D eigenvalue weighted by Gasteiger charge is 2.17. The van der Waals surface area contributed by atoms with Crippen molar-refractivity contribution in [3.63, 3.8) is 0 Å². The van der Waals surface area contributed by atoms with Crippen molar-refractivity contribution >= 4 is 38.1 Å². The molecule has 0 aliphatic carbocycles. The van der Waals surface area contributed by atoms with Gasteiger partial charge in [0, 0.05) is 16.3 Å². The summed E-state index contributed by atoms with van der Waals surface area (Å²) in [5, 5.41) is 13.7. The smallest absolute Gasteiger partial charge is 0.238 e. The van der Waals surface area contributed by atoms with Crippen molar-refractivity contribution in [2.45, 2.75) is 24.3 Å². The van der Waals surface area contributed by atoms with E-state index in [0.717, 1.165) is 28.5 Å². The minimum atomic E-state index is -3.76. The molecular formula is C21H20N4O2S2. The van der Waals surface area contributed by atoms with Gasteiger partial charge in [-0.1, -0.05) is 31.2 Å². The van der Waals surface area contributed by atoms with E-state index in [0.29, 0.717) is 11.6 Å². The molecule has 2 aromatic carbocycles. The quantitative estimate of drug-likeness (QED) is 0.472. The van der Waals surface area contributed by atoms with Gasteiger partial charge in [0.2, 0.25) is 10.0 Å². The van der Waals surface area contributed by atoms with Gasteiger partial charge in [-0.2, -0.15) is 11.3 Å². The van der Waals surface area contributed by atoms with Crippen molar-refractivity contribution in [2.24, 2.45) is 5.14 Å². The number of hydrogen-bond donors (Lipinski definition) is 2. The molecule has 6 nitrogen and oxygen atoms in total.